The van der Waals surface area contributed by atoms with Crippen LogP contribution in [0.1, 0.15) is 55.3 Å². The number of nitrogens with zero attached hydrogens (tertiary/aromatic N) is 2. The van der Waals surface area contributed by atoms with Crippen LogP contribution in [0.3, 0.4) is 0 Å². The monoisotopic (exact) mass is 463 g/mol. The van der Waals surface area contributed by atoms with Crippen molar-refractivity contribution in [2.45, 2.75) is 44.9 Å². The fourth-order valence-electron chi connectivity index (χ4n) is 4.02. The molecule has 0 bridgehead atoms. The van der Waals surface area contributed by atoms with Crippen LogP contribution in [0.25, 0.3) is 0 Å². The van der Waals surface area contributed by atoms with Crippen LogP contribution in [0, 0.1) is 5.92 Å². The molecule has 7 heteroatoms. The van der Waals surface area contributed by atoms with E-state index in [0.717, 1.165) is 43.2 Å². The van der Waals surface area contributed by atoms with E-state index in [4.69, 9.17) is 0 Å². The van der Waals surface area contributed by atoms with Gasteiger partial charge in [0.05, 0.1) is 0 Å². The number of amides is 3. The van der Waals surface area contributed by atoms with Crippen LogP contribution in [-0.4, -0.2) is 60.2 Å². The van der Waals surface area contributed by atoms with Gasteiger partial charge in [-0.15, -0.1) is 0 Å². The lowest BCUT2D eigenvalue weighted by Gasteiger charge is -2.31. The molecule has 1 N–H and O–H groups in total. The summed E-state index contributed by atoms with van der Waals surface area (Å²) >= 11 is 3.38. The lowest BCUT2D eigenvalue weighted by molar-refractivity contribution is -0.130. The van der Waals surface area contributed by atoms with E-state index in [2.05, 4.69) is 21.2 Å². The number of hydrogen-bond donors (Lipinski definition) is 1. The minimum atomic E-state index is -0.0382. The van der Waals surface area contributed by atoms with Gasteiger partial charge >= 0.3 is 0 Å². The summed E-state index contributed by atoms with van der Waals surface area (Å²) < 4.78 is 0.949. The normalized spacial score (nSPS) is 18.4. The second-order valence-electron chi connectivity index (χ2n) is 7.91. The lowest BCUT2D eigenvalue weighted by Crippen LogP contribution is -2.43. The third-order valence-corrected chi connectivity index (χ3v) is 6.35. The quantitative estimate of drug-likeness (QED) is 0.658. The maximum absolute atomic E-state index is 12.6. The van der Waals surface area contributed by atoms with Crippen LogP contribution in [0.4, 0.5) is 0 Å². The number of benzene rings is 1. The Hall–Kier alpha value is -1.89. The van der Waals surface area contributed by atoms with E-state index in [-0.39, 0.29) is 23.6 Å². The molecule has 0 unspecified atom stereocenters. The van der Waals surface area contributed by atoms with Crippen molar-refractivity contribution in [1.29, 1.82) is 0 Å². The average Bonchev–Trinajstić information content (AvgIpc) is 2.95. The summed E-state index contributed by atoms with van der Waals surface area (Å²) in [6, 6.07) is 7.37. The Kier molecular flexibility index (Phi) is 8.09. The Morgan fingerprint density at radius 2 is 1.76 bits per heavy atom. The van der Waals surface area contributed by atoms with Crippen LogP contribution >= 0.6 is 15.9 Å². The average molecular weight is 464 g/mol. The molecule has 0 saturated carbocycles. The molecule has 0 radical (unpaired) electrons. The summed E-state index contributed by atoms with van der Waals surface area (Å²) in [5, 5.41) is 3.02. The van der Waals surface area contributed by atoms with Crippen molar-refractivity contribution in [3.05, 3.63) is 34.3 Å². The molecule has 0 aromatic heterocycles. The van der Waals surface area contributed by atoms with E-state index in [9.17, 15) is 14.4 Å². The number of nitrogens with one attached hydrogen (secondary N) is 1. The van der Waals surface area contributed by atoms with Gasteiger partial charge in [0.15, 0.2) is 0 Å². The zero-order valence-electron chi connectivity index (χ0n) is 16.9. The van der Waals surface area contributed by atoms with Crippen LogP contribution in [0.15, 0.2) is 28.7 Å². The number of carbonyl (C=O) groups is 3. The Bertz CT molecular complexity index is 715. The fourth-order valence-corrected chi connectivity index (χ4v) is 4.28. The Morgan fingerprint density at radius 1 is 1.03 bits per heavy atom. The lowest BCUT2D eigenvalue weighted by atomic mass is 9.95. The first-order valence-corrected chi connectivity index (χ1v) is 11.4. The molecule has 0 atom stereocenters. The first-order valence-electron chi connectivity index (χ1n) is 10.6. The first-order chi connectivity index (χ1) is 14.0. The summed E-state index contributed by atoms with van der Waals surface area (Å²) in [4.78, 5) is 40.8. The van der Waals surface area contributed by atoms with Crippen LogP contribution in [-0.2, 0) is 9.59 Å². The van der Waals surface area contributed by atoms with Gasteiger partial charge < -0.3 is 15.1 Å². The highest BCUT2D eigenvalue weighted by atomic mass is 79.9. The number of likely N-dealkylation sites (tertiary alicyclic amines) is 2. The molecule has 2 aliphatic rings. The zero-order chi connectivity index (χ0) is 20.6. The van der Waals surface area contributed by atoms with Crippen molar-refractivity contribution >= 4 is 33.7 Å². The molecule has 3 rings (SSSR count). The summed E-state index contributed by atoms with van der Waals surface area (Å²) in [6.07, 6.45) is 6.03. The molecule has 2 fully saturated rings. The number of rotatable bonds is 6. The van der Waals surface area contributed by atoms with Crippen molar-refractivity contribution in [2.75, 3.05) is 32.7 Å². The molecule has 1 aromatic rings. The SMILES string of the molecule is O=C(NCCCN1CCCCCC1=O)C1CCN(C(=O)c2ccc(Br)cc2)CC1. The van der Waals surface area contributed by atoms with Crippen molar-refractivity contribution in [1.82, 2.24) is 15.1 Å². The highest BCUT2D eigenvalue weighted by Gasteiger charge is 2.27. The van der Waals surface area contributed by atoms with Crippen molar-refractivity contribution in [3.8, 4) is 0 Å². The molecule has 158 valence electrons. The smallest absolute Gasteiger partial charge is 0.253 e. The van der Waals surface area contributed by atoms with E-state index in [1.54, 1.807) is 0 Å². The second kappa shape index (κ2) is 10.8. The molecule has 29 heavy (non-hydrogen) atoms. The number of halogens is 1. The van der Waals surface area contributed by atoms with Gasteiger partial charge in [-0.3, -0.25) is 14.4 Å². The molecule has 0 aliphatic carbocycles. The highest BCUT2D eigenvalue weighted by molar-refractivity contribution is 9.10. The maximum Gasteiger partial charge on any atom is 0.253 e. The summed E-state index contributed by atoms with van der Waals surface area (Å²) in [7, 11) is 0. The van der Waals surface area contributed by atoms with Crippen LogP contribution in [0.2, 0.25) is 0 Å². The van der Waals surface area contributed by atoms with Gasteiger partial charge in [0.2, 0.25) is 11.8 Å². The molecular formula is C22H30BrN3O3. The van der Waals surface area contributed by atoms with Crippen LogP contribution < -0.4 is 5.32 Å². The van der Waals surface area contributed by atoms with E-state index in [1.165, 1.54) is 0 Å². The minimum absolute atomic E-state index is 0.0264. The van der Waals surface area contributed by atoms with E-state index < -0.39 is 0 Å². The van der Waals surface area contributed by atoms with Gasteiger partial charge in [0, 0.05) is 55.1 Å². The molecule has 0 spiro atoms. The summed E-state index contributed by atoms with van der Waals surface area (Å²) in [5.41, 5.74) is 0.680. The zero-order valence-corrected chi connectivity index (χ0v) is 18.5. The van der Waals surface area contributed by atoms with Gasteiger partial charge in [0.25, 0.3) is 5.91 Å². The molecule has 2 aliphatic heterocycles. The molecular weight excluding hydrogens is 434 g/mol. The first kappa shape index (κ1) is 21.8. The molecule has 1 aromatic carbocycles. The largest absolute Gasteiger partial charge is 0.356 e. The van der Waals surface area contributed by atoms with Crippen molar-refractivity contribution < 1.29 is 14.4 Å². The summed E-state index contributed by atoms with van der Waals surface area (Å²) in [5.74, 6) is 0.307. The minimum Gasteiger partial charge on any atom is -0.356 e. The molecule has 6 nitrogen and oxygen atoms in total. The van der Waals surface area contributed by atoms with E-state index in [1.807, 2.05) is 34.1 Å². The summed E-state index contributed by atoms with van der Waals surface area (Å²) in [6.45, 7) is 3.38. The van der Waals surface area contributed by atoms with Crippen molar-refractivity contribution in [2.24, 2.45) is 5.92 Å². The highest BCUT2D eigenvalue weighted by Crippen LogP contribution is 2.20. The fraction of sp³-hybridized carbons (Fsp3) is 0.591. The second-order valence-corrected chi connectivity index (χ2v) is 8.83. The Balaban J connectivity index is 1.36. The van der Waals surface area contributed by atoms with Gasteiger partial charge in [0.1, 0.15) is 0 Å². The number of carbonyl (C=O) groups excluding carboxylic acids is 3. The third kappa shape index (κ3) is 6.29. The standard InChI is InChI=1S/C22H30BrN3O3/c23-19-8-6-18(7-9-19)22(29)26-15-10-17(11-16-26)21(28)24-12-4-14-25-13-3-1-2-5-20(25)27/h6-9,17H,1-5,10-16H2,(H,24,28). The molecule has 2 saturated heterocycles. The number of hydrogen-bond acceptors (Lipinski definition) is 3. The van der Waals surface area contributed by atoms with Gasteiger partial charge in [-0.25, -0.2) is 0 Å². The topological polar surface area (TPSA) is 69.7 Å². The molecule has 3 amide bonds. The number of piperidine rings is 1. The predicted octanol–water partition coefficient (Wildman–Crippen LogP) is 3.21. The van der Waals surface area contributed by atoms with E-state index >= 15 is 0 Å². The Labute approximate surface area is 181 Å². The van der Waals surface area contributed by atoms with Gasteiger partial charge in [-0.1, -0.05) is 22.4 Å². The van der Waals surface area contributed by atoms with Gasteiger partial charge in [-0.2, -0.15) is 0 Å². The Morgan fingerprint density at radius 3 is 2.48 bits per heavy atom. The maximum atomic E-state index is 12.6. The van der Waals surface area contributed by atoms with Crippen molar-refractivity contribution in [3.63, 3.8) is 0 Å². The van der Waals surface area contributed by atoms with E-state index in [0.29, 0.717) is 44.5 Å². The van der Waals surface area contributed by atoms with Gasteiger partial charge in [-0.05, 0) is 56.4 Å². The van der Waals surface area contributed by atoms with Crippen LogP contribution in [0.5, 0.6) is 0 Å². The predicted molar refractivity (Wildman–Crippen MR) is 115 cm³/mol. The third-order valence-electron chi connectivity index (χ3n) is 5.82. The molecule has 2 heterocycles.